The zero-order valence-corrected chi connectivity index (χ0v) is 11.2. The Morgan fingerprint density at radius 3 is 1.23 bits per heavy atom. The van der Waals surface area contributed by atoms with Crippen molar-refractivity contribution in [1.82, 2.24) is 0 Å². The third-order valence-corrected chi connectivity index (χ3v) is 2.49. The molecule has 0 saturated heterocycles. The molecule has 0 saturated carbocycles. The van der Waals surface area contributed by atoms with Crippen LogP contribution in [0.1, 0.15) is 20.7 Å². The van der Waals surface area contributed by atoms with Crippen molar-refractivity contribution in [2.45, 2.75) is 0 Å². The molecule has 0 aliphatic heterocycles. The summed E-state index contributed by atoms with van der Waals surface area (Å²) in [4.78, 5) is 21.1. The van der Waals surface area contributed by atoms with Crippen molar-refractivity contribution in [2.75, 3.05) is 0 Å². The second kappa shape index (κ2) is 6.84. The number of rotatable bonds is 2. The third kappa shape index (κ3) is 4.30. The van der Waals surface area contributed by atoms with Crippen LogP contribution in [0.15, 0.2) is 36.4 Å². The summed E-state index contributed by atoms with van der Waals surface area (Å²) >= 11 is 0. The van der Waals surface area contributed by atoms with E-state index in [1.807, 2.05) is 0 Å². The van der Waals surface area contributed by atoms with Gasteiger partial charge in [0.1, 0.15) is 23.0 Å². The number of nitrogens with two attached hydrogens (primary N) is 2. The van der Waals surface area contributed by atoms with E-state index in [0.717, 1.165) is 12.1 Å². The number of carbonyl (C=O) groups excluding carboxylic acids is 2. The molecule has 8 N–H and O–H groups in total. The zero-order valence-electron chi connectivity index (χ0n) is 11.2. The maximum Gasteiger partial charge on any atom is 0.252 e. The number of phenolic OH excluding ortho intramolecular Hbond substituents is 2. The Morgan fingerprint density at radius 2 is 1.00 bits per heavy atom. The number of aromatic hydroxyl groups is 4. The lowest BCUT2D eigenvalue weighted by atomic mass is 10.2. The minimum absolute atomic E-state index is 0.0787. The van der Waals surface area contributed by atoms with Crippen molar-refractivity contribution in [3.8, 4) is 23.0 Å². The van der Waals surface area contributed by atoms with Crippen LogP contribution in [0, 0.1) is 0 Å². The fraction of sp³-hybridized carbons (Fsp3) is 0. The van der Waals surface area contributed by atoms with Crippen molar-refractivity contribution >= 4 is 11.8 Å². The van der Waals surface area contributed by atoms with Crippen LogP contribution in [0.5, 0.6) is 23.0 Å². The Morgan fingerprint density at radius 1 is 0.682 bits per heavy atom. The van der Waals surface area contributed by atoms with E-state index in [9.17, 15) is 9.59 Å². The van der Waals surface area contributed by atoms with Gasteiger partial charge in [0.15, 0.2) is 0 Å². The molecule has 0 heterocycles. The van der Waals surface area contributed by atoms with E-state index in [4.69, 9.17) is 31.9 Å². The maximum atomic E-state index is 10.5. The fourth-order valence-electron chi connectivity index (χ4n) is 1.44. The number of benzene rings is 2. The van der Waals surface area contributed by atoms with E-state index in [1.54, 1.807) is 0 Å². The summed E-state index contributed by atoms with van der Waals surface area (Å²) in [7, 11) is 0. The predicted octanol–water partition coefficient (Wildman–Crippen LogP) is 0.393. The highest BCUT2D eigenvalue weighted by molar-refractivity contribution is 5.96. The van der Waals surface area contributed by atoms with Crippen molar-refractivity contribution in [3.63, 3.8) is 0 Å². The van der Waals surface area contributed by atoms with Gasteiger partial charge >= 0.3 is 0 Å². The van der Waals surface area contributed by atoms with Crippen molar-refractivity contribution in [2.24, 2.45) is 11.5 Å². The van der Waals surface area contributed by atoms with Gasteiger partial charge in [0.25, 0.3) is 11.8 Å². The molecule has 2 rings (SSSR count). The Bertz CT molecular complexity index is 653. The van der Waals surface area contributed by atoms with Crippen LogP contribution in [0.2, 0.25) is 0 Å². The van der Waals surface area contributed by atoms with Crippen LogP contribution >= 0.6 is 0 Å². The molecule has 0 aliphatic carbocycles. The smallest absolute Gasteiger partial charge is 0.252 e. The van der Waals surface area contributed by atoms with Gasteiger partial charge in [-0.1, -0.05) is 0 Å². The molecule has 0 bridgehead atoms. The van der Waals surface area contributed by atoms with E-state index in [1.165, 1.54) is 24.3 Å². The van der Waals surface area contributed by atoms with Gasteiger partial charge in [0.05, 0.1) is 11.1 Å². The van der Waals surface area contributed by atoms with E-state index in [-0.39, 0.29) is 34.1 Å². The van der Waals surface area contributed by atoms with Crippen LogP contribution in [-0.4, -0.2) is 32.2 Å². The molecule has 0 unspecified atom stereocenters. The Labute approximate surface area is 124 Å². The van der Waals surface area contributed by atoms with Gasteiger partial charge in [-0.2, -0.15) is 0 Å². The molecule has 8 heteroatoms. The lowest BCUT2D eigenvalue weighted by Crippen LogP contribution is -2.10. The number of hydrogen-bond donors (Lipinski definition) is 6. The second-order valence-corrected chi connectivity index (χ2v) is 4.13. The Hall–Kier alpha value is -3.42. The first-order chi connectivity index (χ1) is 10.2. The van der Waals surface area contributed by atoms with Gasteiger partial charge in [-0.15, -0.1) is 0 Å². The van der Waals surface area contributed by atoms with Gasteiger partial charge in [0, 0.05) is 0 Å². The van der Waals surface area contributed by atoms with Gasteiger partial charge < -0.3 is 31.9 Å². The predicted molar refractivity (Wildman–Crippen MR) is 76.6 cm³/mol. The van der Waals surface area contributed by atoms with Crippen LogP contribution in [0.4, 0.5) is 0 Å². The average molecular weight is 306 g/mol. The summed E-state index contributed by atoms with van der Waals surface area (Å²) in [5, 5.41) is 35.7. The molecule has 116 valence electrons. The van der Waals surface area contributed by atoms with Gasteiger partial charge in [0.2, 0.25) is 0 Å². The highest BCUT2D eigenvalue weighted by atomic mass is 16.3. The summed E-state index contributed by atoms with van der Waals surface area (Å²) in [5.74, 6) is -2.18. The first kappa shape index (κ1) is 16.6. The summed E-state index contributed by atoms with van der Waals surface area (Å²) < 4.78 is 0. The standard InChI is InChI=1S/2C7H7NO3/c2*8-7(11)5-3-4(9)1-2-6(5)10/h2*1-3,9-10H,(H2,8,11). The highest BCUT2D eigenvalue weighted by Crippen LogP contribution is 2.21. The first-order valence-electron chi connectivity index (χ1n) is 5.86. The lowest BCUT2D eigenvalue weighted by molar-refractivity contribution is 0.0988. The third-order valence-electron chi connectivity index (χ3n) is 2.49. The lowest BCUT2D eigenvalue weighted by Gasteiger charge is -1.99. The van der Waals surface area contributed by atoms with E-state index in [2.05, 4.69) is 0 Å². The minimum atomic E-state index is -0.765. The molecule has 0 fully saturated rings. The monoisotopic (exact) mass is 306 g/mol. The summed E-state index contributed by atoms with van der Waals surface area (Å²) in [5.41, 5.74) is 9.59. The molecule has 0 spiro atoms. The number of primary amides is 2. The first-order valence-corrected chi connectivity index (χ1v) is 5.86. The molecule has 2 aromatic carbocycles. The van der Waals surface area contributed by atoms with E-state index in [0.29, 0.717) is 0 Å². The van der Waals surface area contributed by atoms with Gasteiger partial charge in [-0.3, -0.25) is 9.59 Å². The van der Waals surface area contributed by atoms with E-state index < -0.39 is 11.8 Å². The Balaban J connectivity index is 0.000000220. The maximum absolute atomic E-state index is 10.5. The average Bonchev–Trinajstić information content (AvgIpc) is 2.44. The van der Waals surface area contributed by atoms with Gasteiger partial charge in [-0.05, 0) is 36.4 Å². The van der Waals surface area contributed by atoms with Crippen molar-refractivity contribution in [3.05, 3.63) is 47.5 Å². The molecular weight excluding hydrogens is 292 g/mol. The SMILES string of the molecule is NC(=O)c1cc(O)ccc1O.NC(=O)c1cc(O)ccc1O. The molecular formula is C14H14N2O6. The van der Waals surface area contributed by atoms with Crippen LogP contribution < -0.4 is 11.5 Å². The fourth-order valence-corrected chi connectivity index (χ4v) is 1.44. The van der Waals surface area contributed by atoms with Gasteiger partial charge in [-0.25, -0.2) is 0 Å². The molecule has 0 radical (unpaired) electrons. The number of carbonyl (C=O) groups is 2. The molecule has 2 aromatic rings. The topological polar surface area (TPSA) is 167 Å². The van der Waals surface area contributed by atoms with Crippen LogP contribution in [-0.2, 0) is 0 Å². The summed E-state index contributed by atoms with van der Waals surface area (Å²) in [6.45, 7) is 0. The van der Waals surface area contributed by atoms with Crippen molar-refractivity contribution in [1.29, 1.82) is 0 Å². The zero-order chi connectivity index (χ0) is 16.9. The van der Waals surface area contributed by atoms with E-state index >= 15 is 0 Å². The molecule has 8 nitrogen and oxygen atoms in total. The quantitative estimate of drug-likeness (QED) is 0.439. The largest absolute Gasteiger partial charge is 0.508 e. The number of hydrogen-bond acceptors (Lipinski definition) is 6. The molecule has 0 atom stereocenters. The van der Waals surface area contributed by atoms with Crippen molar-refractivity contribution < 1.29 is 30.0 Å². The second-order valence-electron chi connectivity index (χ2n) is 4.13. The highest BCUT2D eigenvalue weighted by Gasteiger charge is 2.07. The molecule has 2 amide bonds. The summed E-state index contributed by atoms with van der Waals surface area (Å²) in [6.07, 6.45) is 0. The Kier molecular flexibility index (Phi) is 5.17. The molecule has 0 aromatic heterocycles. The molecule has 0 aliphatic rings. The van der Waals surface area contributed by atoms with Crippen LogP contribution in [0.25, 0.3) is 0 Å². The molecule has 22 heavy (non-hydrogen) atoms. The number of phenols is 4. The normalized spacial score (nSPS) is 9.45. The number of amides is 2. The minimum Gasteiger partial charge on any atom is -0.508 e. The summed E-state index contributed by atoms with van der Waals surface area (Å²) in [6, 6.07) is 7.16. The van der Waals surface area contributed by atoms with Crippen LogP contribution in [0.3, 0.4) is 0 Å².